The molecule has 136 valence electrons. The van der Waals surface area contributed by atoms with Crippen molar-refractivity contribution < 1.29 is 14.7 Å². The van der Waals surface area contributed by atoms with Gasteiger partial charge < -0.3 is 5.11 Å². The van der Waals surface area contributed by atoms with Crippen molar-refractivity contribution >= 4 is 57.1 Å². The molecule has 0 atom stereocenters. The highest BCUT2D eigenvalue weighted by Gasteiger charge is 2.42. The molecule has 2 aliphatic heterocycles. The molecule has 1 saturated heterocycles. The Morgan fingerprint density at radius 1 is 1.04 bits per heavy atom. The quantitative estimate of drug-likeness (QED) is 0.623. The lowest BCUT2D eigenvalue weighted by atomic mass is 10.1. The van der Waals surface area contributed by atoms with E-state index in [4.69, 9.17) is 12.2 Å². The minimum Gasteiger partial charge on any atom is -0.376 e. The molecule has 4 rings (SSSR count). The molecular weight excluding hydrogens is 380 g/mol. The molecule has 1 N–H and O–H groups in total. The number of thiocarbonyl (C=S) groups is 1. The third-order valence-electron chi connectivity index (χ3n) is 4.65. The van der Waals surface area contributed by atoms with Gasteiger partial charge in [-0.05, 0) is 31.5 Å². The van der Waals surface area contributed by atoms with Gasteiger partial charge in [-0.25, -0.2) is 0 Å². The number of carbonyl (C=O) groups excluding carboxylic acids is 2. The Hall–Kier alpha value is -2.48. The van der Waals surface area contributed by atoms with Gasteiger partial charge in [-0.3, -0.25) is 19.4 Å². The predicted molar refractivity (Wildman–Crippen MR) is 112 cm³/mol. The highest BCUT2D eigenvalue weighted by atomic mass is 32.2. The molecule has 2 amide bonds. The predicted octanol–water partition coefficient (Wildman–Crippen LogP) is 3.38. The number of aryl methyl sites for hydroxylation is 2. The zero-order valence-electron chi connectivity index (χ0n) is 14.7. The standard InChI is InChI=1S/C20H16N2O3S2/c1-11-7-8-14(12(2)9-11)22-19(25)17(27-20(22)26)16-13-5-3-4-6-15(13)21(10-23)18(16)24/h3-9,23H,10H2,1-2H3. The summed E-state index contributed by atoms with van der Waals surface area (Å²) in [5.74, 6) is -0.699. The number of hydrogen-bond acceptors (Lipinski definition) is 5. The van der Waals surface area contributed by atoms with Crippen molar-refractivity contribution in [3.63, 3.8) is 0 Å². The van der Waals surface area contributed by atoms with Crippen LogP contribution in [0.5, 0.6) is 0 Å². The molecule has 0 radical (unpaired) electrons. The lowest BCUT2D eigenvalue weighted by Gasteiger charge is -2.17. The molecule has 2 heterocycles. The molecule has 5 nitrogen and oxygen atoms in total. The number of nitrogens with zero attached hydrogens (tertiary/aromatic N) is 2. The van der Waals surface area contributed by atoms with Crippen molar-refractivity contribution in [2.45, 2.75) is 13.8 Å². The summed E-state index contributed by atoms with van der Waals surface area (Å²) in [6.07, 6.45) is 0. The Bertz CT molecular complexity index is 1050. The second-order valence-electron chi connectivity index (χ2n) is 6.39. The van der Waals surface area contributed by atoms with Crippen molar-refractivity contribution in [3.05, 3.63) is 64.1 Å². The number of aliphatic hydroxyl groups excluding tert-OH is 1. The van der Waals surface area contributed by atoms with E-state index >= 15 is 0 Å². The largest absolute Gasteiger partial charge is 0.376 e. The number of thioether (sulfide) groups is 1. The fourth-order valence-corrected chi connectivity index (χ4v) is 4.78. The number of anilines is 2. The molecule has 0 saturated carbocycles. The molecular formula is C20H16N2O3S2. The van der Waals surface area contributed by atoms with E-state index in [1.807, 2.05) is 32.0 Å². The fraction of sp³-hybridized carbons (Fsp3) is 0.150. The first kappa shape index (κ1) is 17.9. The van der Waals surface area contributed by atoms with Gasteiger partial charge in [0.15, 0.2) is 4.32 Å². The second-order valence-corrected chi connectivity index (χ2v) is 8.04. The van der Waals surface area contributed by atoms with Gasteiger partial charge in [-0.2, -0.15) is 0 Å². The highest BCUT2D eigenvalue weighted by Crippen LogP contribution is 2.45. The van der Waals surface area contributed by atoms with Crippen LogP contribution < -0.4 is 9.80 Å². The minimum absolute atomic E-state index is 0.296. The van der Waals surface area contributed by atoms with E-state index < -0.39 is 6.73 Å². The van der Waals surface area contributed by atoms with Crippen LogP contribution in [0.3, 0.4) is 0 Å². The van der Waals surface area contributed by atoms with Gasteiger partial charge in [0.1, 0.15) is 6.73 Å². The summed E-state index contributed by atoms with van der Waals surface area (Å²) in [4.78, 5) is 29.1. The molecule has 0 aromatic heterocycles. The maximum atomic E-state index is 13.2. The number of hydrogen-bond donors (Lipinski definition) is 1. The number of fused-ring (bicyclic) bond motifs is 1. The van der Waals surface area contributed by atoms with E-state index in [-0.39, 0.29) is 11.8 Å². The van der Waals surface area contributed by atoms with E-state index in [2.05, 4.69) is 0 Å². The first-order chi connectivity index (χ1) is 12.9. The summed E-state index contributed by atoms with van der Waals surface area (Å²) in [6.45, 7) is 3.47. The van der Waals surface area contributed by atoms with E-state index in [9.17, 15) is 14.7 Å². The Morgan fingerprint density at radius 2 is 1.78 bits per heavy atom. The maximum absolute atomic E-state index is 13.2. The van der Waals surface area contributed by atoms with Gasteiger partial charge in [0.2, 0.25) is 0 Å². The van der Waals surface area contributed by atoms with Gasteiger partial charge in [0, 0.05) is 5.56 Å². The summed E-state index contributed by atoms with van der Waals surface area (Å²) in [7, 11) is 0. The van der Waals surface area contributed by atoms with E-state index in [1.165, 1.54) is 9.80 Å². The zero-order valence-corrected chi connectivity index (χ0v) is 16.4. The normalized spacial score (nSPS) is 19.3. The lowest BCUT2D eigenvalue weighted by molar-refractivity contribution is -0.115. The summed E-state index contributed by atoms with van der Waals surface area (Å²) in [5.41, 5.74) is 4.28. The third kappa shape index (κ3) is 2.70. The van der Waals surface area contributed by atoms with E-state index in [0.717, 1.165) is 28.6 Å². The fourth-order valence-electron chi connectivity index (χ4n) is 3.42. The second kappa shape index (κ2) is 6.60. The molecule has 7 heteroatoms. The van der Waals surface area contributed by atoms with E-state index in [1.54, 1.807) is 24.3 Å². The number of rotatable bonds is 2. The Morgan fingerprint density at radius 3 is 2.48 bits per heavy atom. The number of benzene rings is 2. The molecule has 0 aliphatic carbocycles. The van der Waals surface area contributed by atoms with Gasteiger partial charge in [-0.15, -0.1) is 0 Å². The van der Waals surface area contributed by atoms with Crippen LogP contribution in [0.25, 0.3) is 5.57 Å². The summed E-state index contributed by atoms with van der Waals surface area (Å²) in [5, 5.41) is 9.61. The van der Waals surface area contributed by atoms with Crippen molar-refractivity contribution in [1.29, 1.82) is 0 Å². The maximum Gasteiger partial charge on any atom is 0.271 e. The minimum atomic E-state index is -0.448. The lowest BCUT2D eigenvalue weighted by Crippen LogP contribution is -2.30. The first-order valence-electron chi connectivity index (χ1n) is 8.34. The Kier molecular flexibility index (Phi) is 4.38. The zero-order chi connectivity index (χ0) is 19.3. The monoisotopic (exact) mass is 396 g/mol. The van der Waals surface area contributed by atoms with Crippen LogP contribution in [0.15, 0.2) is 47.4 Å². The average molecular weight is 396 g/mol. The molecule has 2 aromatic carbocycles. The smallest absolute Gasteiger partial charge is 0.271 e. The molecule has 0 unspecified atom stereocenters. The highest BCUT2D eigenvalue weighted by molar-refractivity contribution is 8.27. The van der Waals surface area contributed by atoms with Crippen LogP contribution in [0.2, 0.25) is 0 Å². The topological polar surface area (TPSA) is 60.9 Å². The molecule has 2 aliphatic rings. The molecule has 1 fully saturated rings. The van der Waals surface area contributed by atoms with Crippen molar-refractivity contribution in [2.75, 3.05) is 16.5 Å². The summed E-state index contributed by atoms with van der Waals surface area (Å²) >= 11 is 6.58. The number of para-hydroxylation sites is 1. The van der Waals surface area contributed by atoms with Crippen LogP contribution in [0, 0.1) is 13.8 Å². The van der Waals surface area contributed by atoms with Crippen LogP contribution in [-0.4, -0.2) is 28.0 Å². The van der Waals surface area contributed by atoms with Crippen LogP contribution in [-0.2, 0) is 9.59 Å². The molecule has 0 spiro atoms. The van der Waals surface area contributed by atoms with Gasteiger partial charge in [0.25, 0.3) is 11.8 Å². The third-order valence-corrected chi connectivity index (χ3v) is 6.03. The van der Waals surface area contributed by atoms with Gasteiger partial charge in [0.05, 0.1) is 21.9 Å². The van der Waals surface area contributed by atoms with Crippen LogP contribution >= 0.6 is 24.0 Å². The van der Waals surface area contributed by atoms with Crippen molar-refractivity contribution in [2.24, 2.45) is 0 Å². The number of aliphatic hydroxyl groups is 1. The number of amides is 2. The van der Waals surface area contributed by atoms with Crippen molar-refractivity contribution in [3.8, 4) is 0 Å². The Labute approximate surface area is 166 Å². The SMILES string of the molecule is Cc1ccc(N2C(=O)C(=C3C(=O)N(CO)c4ccccc43)SC2=S)c(C)c1. The number of carbonyl (C=O) groups is 2. The molecule has 27 heavy (non-hydrogen) atoms. The first-order valence-corrected chi connectivity index (χ1v) is 9.56. The van der Waals surface area contributed by atoms with Crippen LogP contribution in [0.1, 0.15) is 16.7 Å². The molecule has 0 bridgehead atoms. The Balaban J connectivity index is 1.85. The van der Waals surface area contributed by atoms with Crippen molar-refractivity contribution in [1.82, 2.24) is 0 Å². The van der Waals surface area contributed by atoms with Gasteiger partial charge >= 0.3 is 0 Å². The van der Waals surface area contributed by atoms with Crippen LogP contribution in [0.4, 0.5) is 11.4 Å². The van der Waals surface area contributed by atoms with E-state index in [0.29, 0.717) is 26.0 Å². The van der Waals surface area contributed by atoms with Gasteiger partial charge in [-0.1, -0.05) is 59.9 Å². The summed E-state index contributed by atoms with van der Waals surface area (Å²) < 4.78 is 0.391. The summed E-state index contributed by atoms with van der Waals surface area (Å²) in [6, 6.07) is 12.9. The molecule has 2 aromatic rings. The average Bonchev–Trinajstić information content (AvgIpc) is 3.08.